The van der Waals surface area contributed by atoms with Gasteiger partial charge >= 0.3 is 5.97 Å². The van der Waals surface area contributed by atoms with E-state index < -0.39 is 23.8 Å². The molecule has 0 aromatic heterocycles. The summed E-state index contributed by atoms with van der Waals surface area (Å²) in [6.07, 6.45) is -0.0234. The second-order valence-corrected chi connectivity index (χ2v) is 5.94. The van der Waals surface area contributed by atoms with Crippen LogP contribution in [0, 0.1) is 5.82 Å². The third-order valence-electron chi connectivity index (χ3n) is 4.09. The van der Waals surface area contributed by atoms with Gasteiger partial charge in [0, 0.05) is 5.69 Å². The third kappa shape index (κ3) is 4.89. The van der Waals surface area contributed by atoms with Crippen LogP contribution in [-0.2, 0) is 9.53 Å². The molecule has 0 saturated heterocycles. The lowest BCUT2D eigenvalue weighted by Gasteiger charge is -2.18. The Morgan fingerprint density at radius 3 is 2.36 bits per heavy atom. The molecule has 2 aromatic carbocycles. The lowest BCUT2D eigenvalue weighted by atomic mass is 9.97. The fraction of sp³-hybridized carbons (Fsp3) is 0.300. The standard InChI is InChI=1S/C20H22FNO3/c1-4-13(2)17-7-5-6-8-18(17)22-19(23)14(3)25-20(24)15-9-11-16(21)12-10-15/h5-14H,4H2,1-3H3,(H,22,23)/t13-,14-/m0/s1. The number of carbonyl (C=O) groups is 2. The van der Waals surface area contributed by atoms with Gasteiger partial charge in [0.25, 0.3) is 5.91 Å². The Morgan fingerprint density at radius 2 is 1.72 bits per heavy atom. The average Bonchev–Trinajstić information content (AvgIpc) is 2.61. The highest BCUT2D eigenvalue weighted by atomic mass is 19.1. The summed E-state index contributed by atoms with van der Waals surface area (Å²) in [5.74, 6) is -1.22. The van der Waals surface area contributed by atoms with E-state index in [2.05, 4.69) is 19.2 Å². The molecule has 25 heavy (non-hydrogen) atoms. The molecular formula is C20H22FNO3. The summed E-state index contributed by atoms with van der Waals surface area (Å²) in [5, 5.41) is 2.82. The largest absolute Gasteiger partial charge is 0.449 e. The second-order valence-electron chi connectivity index (χ2n) is 5.94. The Labute approximate surface area is 147 Å². The summed E-state index contributed by atoms with van der Waals surface area (Å²) < 4.78 is 18.1. The second kappa shape index (κ2) is 8.42. The van der Waals surface area contributed by atoms with E-state index in [0.29, 0.717) is 11.6 Å². The molecule has 0 saturated carbocycles. The van der Waals surface area contributed by atoms with Gasteiger partial charge in [-0.25, -0.2) is 9.18 Å². The minimum absolute atomic E-state index is 0.195. The molecule has 1 N–H and O–H groups in total. The van der Waals surface area contributed by atoms with Crippen molar-refractivity contribution < 1.29 is 18.7 Å². The first-order valence-corrected chi connectivity index (χ1v) is 8.28. The normalized spacial score (nSPS) is 13.0. The van der Waals surface area contributed by atoms with Gasteiger partial charge in [-0.2, -0.15) is 0 Å². The maximum atomic E-state index is 12.9. The van der Waals surface area contributed by atoms with Crippen LogP contribution in [0.3, 0.4) is 0 Å². The highest BCUT2D eigenvalue weighted by Crippen LogP contribution is 2.26. The monoisotopic (exact) mass is 343 g/mol. The number of rotatable bonds is 6. The van der Waals surface area contributed by atoms with E-state index in [4.69, 9.17) is 4.74 Å². The quantitative estimate of drug-likeness (QED) is 0.785. The van der Waals surface area contributed by atoms with Crippen molar-refractivity contribution in [2.24, 2.45) is 0 Å². The number of ether oxygens (including phenoxy) is 1. The lowest BCUT2D eigenvalue weighted by Crippen LogP contribution is -2.30. The predicted molar refractivity (Wildman–Crippen MR) is 95.1 cm³/mol. The molecule has 0 aliphatic carbocycles. The van der Waals surface area contributed by atoms with Crippen molar-refractivity contribution in [1.29, 1.82) is 0 Å². The highest BCUT2D eigenvalue weighted by Gasteiger charge is 2.20. The summed E-state index contributed by atoms with van der Waals surface area (Å²) in [7, 11) is 0. The van der Waals surface area contributed by atoms with Crippen LogP contribution in [0.5, 0.6) is 0 Å². The topological polar surface area (TPSA) is 55.4 Å². The number of anilines is 1. The Morgan fingerprint density at radius 1 is 1.08 bits per heavy atom. The zero-order chi connectivity index (χ0) is 18.4. The predicted octanol–water partition coefficient (Wildman–Crippen LogP) is 4.52. The van der Waals surface area contributed by atoms with Gasteiger partial charge in [-0.3, -0.25) is 4.79 Å². The van der Waals surface area contributed by atoms with Gasteiger partial charge in [-0.1, -0.05) is 32.0 Å². The van der Waals surface area contributed by atoms with Gasteiger partial charge in [-0.15, -0.1) is 0 Å². The zero-order valence-corrected chi connectivity index (χ0v) is 14.6. The van der Waals surface area contributed by atoms with E-state index in [0.717, 1.165) is 12.0 Å². The Bertz CT molecular complexity index is 743. The number of esters is 1. The van der Waals surface area contributed by atoms with Crippen LogP contribution < -0.4 is 5.32 Å². The molecule has 2 atom stereocenters. The van der Waals surface area contributed by atoms with E-state index in [1.807, 2.05) is 24.3 Å². The van der Waals surface area contributed by atoms with Crippen LogP contribution in [0.1, 0.15) is 49.0 Å². The average molecular weight is 343 g/mol. The van der Waals surface area contributed by atoms with E-state index in [-0.39, 0.29) is 5.56 Å². The van der Waals surface area contributed by atoms with Gasteiger partial charge in [0.2, 0.25) is 0 Å². The number of halogens is 1. The highest BCUT2D eigenvalue weighted by molar-refractivity contribution is 5.97. The van der Waals surface area contributed by atoms with Crippen LogP contribution in [0.25, 0.3) is 0 Å². The van der Waals surface area contributed by atoms with E-state index in [1.165, 1.54) is 31.2 Å². The molecular weight excluding hydrogens is 321 g/mol. The summed E-state index contributed by atoms with van der Waals surface area (Å²) >= 11 is 0. The summed E-state index contributed by atoms with van der Waals surface area (Å²) in [6, 6.07) is 12.5. The first-order valence-electron chi connectivity index (χ1n) is 8.28. The fourth-order valence-corrected chi connectivity index (χ4v) is 2.36. The number of hydrogen-bond acceptors (Lipinski definition) is 3. The summed E-state index contributed by atoms with van der Waals surface area (Å²) in [4.78, 5) is 24.4. The van der Waals surface area contributed by atoms with E-state index in [1.54, 1.807) is 0 Å². The molecule has 0 bridgehead atoms. The third-order valence-corrected chi connectivity index (χ3v) is 4.09. The van der Waals surface area contributed by atoms with Gasteiger partial charge in [0.1, 0.15) is 5.82 Å². The zero-order valence-electron chi connectivity index (χ0n) is 14.6. The van der Waals surface area contributed by atoms with Crippen LogP contribution in [0.4, 0.5) is 10.1 Å². The molecule has 0 aliphatic rings. The number of benzene rings is 2. The molecule has 1 amide bonds. The van der Waals surface area contributed by atoms with Crippen molar-refractivity contribution in [2.45, 2.75) is 39.2 Å². The number of nitrogens with one attached hydrogen (secondary N) is 1. The van der Waals surface area contributed by atoms with Crippen LogP contribution in [-0.4, -0.2) is 18.0 Å². The molecule has 0 aliphatic heterocycles. The van der Waals surface area contributed by atoms with Crippen LogP contribution >= 0.6 is 0 Å². The molecule has 5 heteroatoms. The first-order chi connectivity index (χ1) is 11.9. The van der Waals surface area contributed by atoms with Crippen molar-refractivity contribution in [3.63, 3.8) is 0 Å². The lowest BCUT2D eigenvalue weighted by molar-refractivity contribution is -0.123. The Kier molecular flexibility index (Phi) is 6.28. The van der Waals surface area contributed by atoms with E-state index in [9.17, 15) is 14.0 Å². The molecule has 0 unspecified atom stereocenters. The summed E-state index contributed by atoms with van der Waals surface area (Å²) in [6.45, 7) is 5.67. The molecule has 0 spiro atoms. The maximum Gasteiger partial charge on any atom is 0.338 e. The molecule has 132 valence electrons. The van der Waals surface area contributed by atoms with Gasteiger partial charge in [0.05, 0.1) is 5.56 Å². The van der Waals surface area contributed by atoms with Gasteiger partial charge < -0.3 is 10.1 Å². The smallest absolute Gasteiger partial charge is 0.338 e. The minimum atomic E-state index is -0.970. The Balaban J connectivity index is 2.03. The fourth-order valence-electron chi connectivity index (χ4n) is 2.36. The number of carbonyl (C=O) groups excluding carboxylic acids is 2. The number of hydrogen-bond donors (Lipinski definition) is 1. The van der Waals surface area contributed by atoms with Crippen LogP contribution in [0.2, 0.25) is 0 Å². The van der Waals surface area contributed by atoms with Crippen molar-refractivity contribution in [3.05, 3.63) is 65.5 Å². The summed E-state index contributed by atoms with van der Waals surface area (Å²) in [5.41, 5.74) is 1.95. The Hall–Kier alpha value is -2.69. The SMILES string of the molecule is CC[C@H](C)c1ccccc1NC(=O)[C@H](C)OC(=O)c1ccc(F)cc1. The van der Waals surface area contributed by atoms with Gasteiger partial charge in [-0.05, 0) is 55.2 Å². The first kappa shape index (κ1) is 18.6. The molecule has 2 rings (SSSR count). The van der Waals surface area contributed by atoms with Crippen molar-refractivity contribution in [3.8, 4) is 0 Å². The van der Waals surface area contributed by atoms with Crippen molar-refractivity contribution in [2.75, 3.05) is 5.32 Å². The molecule has 2 aromatic rings. The number of para-hydroxylation sites is 1. The number of amides is 1. The van der Waals surface area contributed by atoms with Crippen molar-refractivity contribution in [1.82, 2.24) is 0 Å². The molecule has 4 nitrogen and oxygen atoms in total. The molecule has 0 fully saturated rings. The molecule has 0 heterocycles. The van der Waals surface area contributed by atoms with Crippen LogP contribution in [0.15, 0.2) is 48.5 Å². The van der Waals surface area contributed by atoms with Gasteiger partial charge in [0.15, 0.2) is 6.10 Å². The maximum absolute atomic E-state index is 12.9. The van der Waals surface area contributed by atoms with Crippen molar-refractivity contribution >= 4 is 17.6 Å². The van der Waals surface area contributed by atoms with E-state index >= 15 is 0 Å². The minimum Gasteiger partial charge on any atom is -0.449 e. The molecule has 0 radical (unpaired) electrons.